The second-order valence-electron chi connectivity index (χ2n) is 5.55. The van der Waals surface area contributed by atoms with E-state index in [0.717, 1.165) is 21.3 Å². The Morgan fingerprint density at radius 3 is 2.88 bits per heavy atom. The van der Waals surface area contributed by atoms with E-state index in [9.17, 15) is 9.90 Å². The van der Waals surface area contributed by atoms with Gasteiger partial charge in [-0.2, -0.15) is 0 Å². The summed E-state index contributed by atoms with van der Waals surface area (Å²) in [4.78, 5) is 15.5. The Balaban J connectivity index is 2.02. The average Bonchev–Trinajstić information content (AvgIpc) is 2.62. The van der Waals surface area contributed by atoms with E-state index in [1.807, 2.05) is 30.5 Å². The number of phenols is 1. The molecule has 4 rings (SSSR count). The maximum atomic E-state index is 12.7. The van der Waals surface area contributed by atoms with E-state index in [1.165, 1.54) is 11.8 Å². The Bertz CT molecular complexity index is 1040. The fraction of sp³-hybridized carbons (Fsp3) is 0.118. The molecule has 0 radical (unpaired) electrons. The molecule has 1 aliphatic rings. The third kappa shape index (κ3) is 2.71. The van der Waals surface area contributed by atoms with Gasteiger partial charge in [-0.15, -0.1) is 0 Å². The molecular weight excluding hydrogens is 404 g/mol. The van der Waals surface area contributed by atoms with E-state index in [2.05, 4.69) is 31.3 Å². The Morgan fingerprint density at radius 1 is 1.28 bits per heavy atom. The number of nitrogens with zero attached hydrogens (tertiary/aromatic N) is 2. The van der Waals surface area contributed by atoms with Gasteiger partial charge in [0.25, 0.3) is 6.17 Å². The molecule has 1 aromatic heterocycles. The summed E-state index contributed by atoms with van der Waals surface area (Å²) in [5.41, 5.74) is 2.69. The van der Waals surface area contributed by atoms with Crippen molar-refractivity contribution in [2.45, 2.75) is 11.3 Å². The van der Waals surface area contributed by atoms with E-state index in [-0.39, 0.29) is 11.3 Å². The van der Waals surface area contributed by atoms with Crippen molar-refractivity contribution in [2.24, 2.45) is 0 Å². The SMILES string of the molecule is CSc1n[n+]2c(c(=O)[nH]1)-c1ccccc1N[C@@H]2c1cc(O)ccc1Br. The second-order valence-corrected chi connectivity index (χ2v) is 7.20. The Morgan fingerprint density at radius 2 is 2.08 bits per heavy atom. The van der Waals surface area contributed by atoms with Crippen molar-refractivity contribution in [1.82, 2.24) is 10.1 Å². The first-order chi connectivity index (χ1) is 12.1. The highest BCUT2D eigenvalue weighted by Gasteiger charge is 2.38. The summed E-state index contributed by atoms with van der Waals surface area (Å²) in [5, 5.41) is 18.4. The van der Waals surface area contributed by atoms with Crippen molar-refractivity contribution >= 4 is 33.4 Å². The molecule has 3 aromatic rings. The van der Waals surface area contributed by atoms with Crippen LogP contribution >= 0.6 is 27.7 Å². The lowest BCUT2D eigenvalue weighted by atomic mass is 10.0. The number of rotatable bonds is 2. The summed E-state index contributed by atoms with van der Waals surface area (Å²) in [6, 6.07) is 12.6. The lowest BCUT2D eigenvalue weighted by Gasteiger charge is -2.23. The summed E-state index contributed by atoms with van der Waals surface area (Å²) in [6.45, 7) is 0. The van der Waals surface area contributed by atoms with Gasteiger partial charge in [0.05, 0.1) is 16.8 Å². The average molecular weight is 418 g/mol. The number of hydrogen-bond acceptors (Lipinski definition) is 5. The van der Waals surface area contributed by atoms with Crippen molar-refractivity contribution in [3.8, 4) is 17.0 Å². The largest absolute Gasteiger partial charge is 0.508 e. The minimum atomic E-state index is -0.431. The Labute approximate surface area is 156 Å². The summed E-state index contributed by atoms with van der Waals surface area (Å²) in [5.74, 6) is 0.149. The summed E-state index contributed by atoms with van der Waals surface area (Å²) >= 11 is 4.89. The van der Waals surface area contributed by atoms with Gasteiger partial charge in [-0.1, -0.05) is 39.8 Å². The van der Waals surface area contributed by atoms with Crippen LogP contribution < -0.4 is 15.6 Å². The molecule has 126 valence electrons. The van der Waals surface area contributed by atoms with Crippen LogP contribution in [0.25, 0.3) is 11.3 Å². The maximum Gasteiger partial charge on any atom is 0.325 e. The highest BCUT2D eigenvalue weighted by Crippen LogP contribution is 2.34. The molecule has 2 aromatic carbocycles. The molecule has 0 saturated carbocycles. The van der Waals surface area contributed by atoms with Crippen LogP contribution in [-0.2, 0) is 0 Å². The number of aromatic hydroxyl groups is 1. The van der Waals surface area contributed by atoms with Gasteiger partial charge in [-0.05, 0) is 41.3 Å². The van der Waals surface area contributed by atoms with Gasteiger partial charge in [0, 0.05) is 9.57 Å². The van der Waals surface area contributed by atoms with Crippen LogP contribution in [0.2, 0.25) is 0 Å². The minimum absolute atomic E-state index is 0.149. The molecule has 0 amide bonds. The molecule has 0 aliphatic carbocycles. The Hall–Kier alpha value is -2.32. The Kier molecular flexibility index (Phi) is 4.01. The summed E-state index contributed by atoms with van der Waals surface area (Å²) in [7, 11) is 0. The number of thioether (sulfide) groups is 1. The molecule has 8 heteroatoms. The predicted molar refractivity (Wildman–Crippen MR) is 99.8 cm³/mol. The van der Waals surface area contributed by atoms with Gasteiger partial charge in [0.1, 0.15) is 5.75 Å². The number of para-hydroxylation sites is 1. The number of nitrogens with one attached hydrogen (secondary N) is 2. The smallest absolute Gasteiger partial charge is 0.325 e. The van der Waals surface area contributed by atoms with E-state index in [4.69, 9.17) is 0 Å². The van der Waals surface area contributed by atoms with Crippen LogP contribution in [0.3, 0.4) is 0 Å². The first-order valence-electron chi connectivity index (χ1n) is 7.53. The second kappa shape index (κ2) is 6.20. The number of benzene rings is 2. The van der Waals surface area contributed by atoms with Gasteiger partial charge in [-0.3, -0.25) is 9.78 Å². The normalized spacial score (nSPS) is 15.2. The number of aromatic nitrogens is 3. The van der Waals surface area contributed by atoms with Gasteiger partial charge in [0.15, 0.2) is 0 Å². The van der Waals surface area contributed by atoms with Crippen molar-refractivity contribution in [3.63, 3.8) is 0 Å². The molecule has 25 heavy (non-hydrogen) atoms. The van der Waals surface area contributed by atoms with Crippen LogP contribution in [0.4, 0.5) is 5.69 Å². The number of anilines is 1. The first kappa shape index (κ1) is 16.2. The maximum absolute atomic E-state index is 12.7. The van der Waals surface area contributed by atoms with Gasteiger partial charge >= 0.3 is 11.3 Å². The number of hydrogen-bond donors (Lipinski definition) is 3. The number of halogens is 1. The van der Waals surface area contributed by atoms with Gasteiger partial charge in [-0.25, -0.2) is 0 Å². The summed E-state index contributed by atoms with van der Waals surface area (Å²) < 4.78 is 2.49. The van der Waals surface area contributed by atoms with Crippen molar-refractivity contribution in [1.29, 1.82) is 0 Å². The molecule has 0 unspecified atom stereocenters. The molecule has 1 atom stereocenters. The van der Waals surface area contributed by atoms with Crippen molar-refractivity contribution in [3.05, 3.63) is 62.9 Å². The van der Waals surface area contributed by atoms with Crippen LogP contribution in [-0.4, -0.2) is 21.4 Å². The number of phenolic OH excluding ortho intramolecular Hbond substituents is 1. The third-order valence-corrected chi connectivity index (χ3v) is 5.34. The molecule has 6 nitrogen and oxygen atoms in total. The molecule has 0 bridgehead atoms. The molecular formula is C17H14BrN4O2S+. The first-order valence-corrected chi connectivity index (χ1v) is 9.54. The zero-order valence-corrected chi connectivity index (χ0v) is 15.6. The molecule has 2 heterocycles. The fourth-order valence-corrected chi connectivity index (χ4v) is 3.76. The third-order valence-electron chi connectivity index (χ3n) is 4.05. The lowest BCUT2D eigenvalue weighted by Crippen LogP contribution is -2.55. The van der Waals surface area contributed by atoms with Crippen LogP contribution in [0.5, 0.6) is 5.75 Å². The molecule has 0 fully saturated rings. The zero-order chi connectivity index (χ0) is 17.6. The van der Waals surface area contributed by atoms with Crippen LogP contribution in [0.1, 0.15) is 11.7 Å². The quantitative estimate of drug-likeness (QED) is 0.441. The van der Waals surface area contributed by atoms with Gasteiger partial charge < -0.3 is 10.4 Å². The highest BCUT2D eigenvalue weighted by atomic mass is 79.9. The van der Waals surface area contributed by atoms with Gasteiger partial charge in [0.2, 0.25) is 5.16 Å². The minimum Gasteiger partial charge on any atom is -0.508 e. The van der Waals surface area contributed by atoms with E-state index in [0.29, 0.717) is 10.9 Å². The standard InChI is InChI=1S/C17H13BrN4O2S/c1-25-17-20-16(24)14-10-4-2-3-5-13(10)19-15(22(14)21-17)11-8-9(23)6-7-12(11)18/h2-8,15H,1H3,(H2,20,21,23,24)/p+1/t15-/m0/s1. The highest BCUT2D eigenvalue weighted by molar-refractivity contribution is 9.10. The van der Waals surface area contributed by atoms with E-state index in [1.54, 1.807) is 22.9 Å². The fourth-order valence-electron chi connectivity index (χ4n) is 2.93. The van der Waals surface area contributed by atoms with Crippen LogP contribution in [0.15, 0.2) is 56.9 Å². The monoisotopic (exact) mass is 417 g/mol. The number of aromatic amines is 1. The van der Waals surface area contributed by atoms with E-state index < -0.39 is 6.17 Å². The molecule has 3 N–H and O–H groups in total. The van der Waals surface area contributed by atoms with E-state index >= 15 is 0 Å². The van der Waals surface area contributed by atoms with Crippen molar-refractivity contribution < 1.29 is 9.79 Å². The zero-order valence-electron chi connectivity index (χ0n) is 13.2. The molecule has 0 spiro atoms. The molecule has 1 aliphatic heterocycles. The number of fused-ring (bicyclic) bond motifs is 3. The topological polar surface area (TPSA) is 81.9 Å². The van der Waals surface area contributed by atoms with Crippen molar-refractivity contribution in [2.75, 3.05) is 11.6 Å². The lowest BCUT2D eigenvalue weighted by molar-refractivity contribution is -0.759. The summed E-state index contributed by atoms with van der Waals surface area (Å²) in [6.07, 6.45) is 1.42. The predicted octanol–water partition coefficient (Wildman–Crippen LogP) is 2.89. The number of H-pyrrole nitrogens is 1. The molecule has 0 saturated heterocycles. The van der Waals surface area contributed by atoms with Crippen LogP contribution in [0, 0.1) is 0 Å².